The van der Waals surface area contributed by atoms with E-state index in [1.54, 1.807) is 23.1 Å². The predicted octanol–water partition coefficient (Wildman–Crippen LogP) is 3.22. The third-order valence-corrected chi connectivity index (χ3v) is 7.03. The van der Waals surface area contributed by atoms with Crippen molar-refractivity contribution >= 4 is 29.2 Å². The van der Waals surface area contributed by atoms with Crippen LogP contribution in [0.5, 0.6) is 11.5 Å². The number of carboxylic acid groups (broad SMARTS) is 1. The summed E-state index contributed by atoms with van der Waals surface area (Å²) in [5.41, 5.74) is 2.66. The summed E-state index contributed by atoms with van der Waals surface area (Å²) in [4.78, 5) is 45.6. The molecule has 0 spiro atoms. The zero-order valence-corrected chi connectivity index (χ0v) is 23.7. The number of nitrogens with zero attached hydrogens (tertiary/aromatic N) is 3. The molecular formula is C29H37N5O6. The molecule has 1 aromatic carbocycles. The molecule has 0 bridgehead atoms. The number of Topliss-reactive ketones (excluding diaryl/α,β-unsaturated/α-hetero) is 1. The number of aliphatic carboxylic acids is 1. The highest BCUT2D eigenvalue weighted by Gasteiger charge is 2.32. The van der Waals surface area contributed by atoms with Gasteiger partial charge >= 0.3 is 5.97 Å². The number of anilines is 1. The number of benzene rings is 1. The van der Waals surface area contributed by atoms with Gasteiger partial charge in [-0.15, -0.1) is 0 Å². The molecule has 0 unspecified atom stereocenters. The van der Waals surface area contributed by atoms with Gasteiger partial charge in [-0.1, -0.05) is 20.8 Å². The first-order valence-corrected chi connectivity index (χ1v) is 13.5. The molecule has 3 N–H and O–H groups in total. The lowest BCUT2D eigenvalue weighted by atomic mass is 9.84. The van der Waals surface area contributed by atoms with E-state index < -0.39 is 23.9 Å². The number of hydrogen-bond acceptors (Lipinski definition) is 8. The van der Waals surface area contributed by atoms with Gasteiger partial charge in [0.2, 0.25) is 0 Å². The number of rotatable bonds is 10. The summed E-state index contributed by atoms with van der Waals surface area (Å²) in [5, 5.41) is 20.5. The molecule has 11 nitrogen and oxygen atoms in total. The van der Waals surface area contributed by atoms with Crippen molar-refractivity contribution in [3.05, 3.63) is 46.3 Å². The summed E-state index contributed by atoms with van der Waals surface area (Å²) in [5.74, 6) is -0.783. The summed E-state index contributed by atoms with van der Waals surface area (Å²) in [6, 6.07) is 5.27. The van der Waals surface area contributed by atoms with Crippen molar-refractivity contribution in [1.29, 1.82) is 5.41 Å². The van der Waals surface area contributed by atoms with Crippen LogP contribution in [0, 0.1) is 5.41 Å². The molecule has 214 valence electrons. The molecule has 3 heterocycles. The highest BCUT2D eigenvalue weighted by Crippen LogP contribution is 2.41. The summed E-state index contributed by atoms with van der Waals surface area (Å²) < 4.78 is 11.4. The molecule has 0 saturated carbocycles. The van der Waals surface area contributed by atoms with Crippen molar-refractivity contribution in [3.63, 3.8) is 0 Å². The van der Waals surface area contributed by atoms with Gasteiger partial charge in [-0.3, -0.25) is 15.0 Å². The maximum atomic E-state index is 13.7. The van der Waals surface area contributed by atoms with E-state index in [4.69, 9.17) is 14.9 Å². The minimum atomic E-state index is -1.07. The quantitative estimate of drug-likeness (QED) is 0.379. The molecule has 1 aromatic heterocycles. The van der Waals surface area contributed by atoms with E-state index in [1.807, 2.05) is 27.7 Å². The third kappa shape index (κ3) is 5.88. The van der Waals surface area contributed by atoms with Gasteiger partial charge < -0.3 is 29.7 Å². The zero-order valence-electron chi connectivity index (χ0n) is 23.7. The highest BCUT2D eigenvalue weighted by molar-refractivity contribution is 6.06. The number of ether oxygens (including phenoxy) is 2. The van der Waals surface area contributed by atoms with Crippen molar-refractivity contribution in [2.75, 3.05) is 44.8 Å². The molecule has 2 aliphatic rings. The molecule has 1 saturated heterocycles. The number of hydrogen-bond donors (Lipinski definition) is 3. The van der Waals surface area contributed by atoms with E-state index in [-0.39, 0.29) is 30.4 Å². The van der Waals surface area contributed by atoms with E-state index in [2.05, 4.69) is 15.2 Å². The molecule has 0 radical (unpaired) electrons. The lowest BCUT2D eigenvalue weighted by Crippen LogP contribution is -2.31. The predicted molar refractivity (Wildman–Crippen MR) is 150 cm³/mol. The Kier molecular flexibility index (Phi) is 8.32. The highest BCUT2D eigenvalue weighted by atomic mass is 16.5. The largest absolute Gasteiger partial charge is 0.491 e. The van der Waals surface area contributed by atoms with Gasteiger partial charge in [0.15, 0.2) is 23.8 Å². The van der Waals surface area contributed by atoms with Gasteiger partial charge in [0.1, 0.15) is 17.3 Å². The van der Waals surface area contributed by atoms with Crippen LogP contribution in [-0.2, 0) is 16.8 Å². The Labute approximate surface area is 234 Å². The number of amidine groups is 1. The molecule has 0 aliphatic carbocycles. The minimum Gasteiger partial charge on any atom is -0.491 e. The molecule has 2 aromatic rings. The zero-order chi connectivity index (χ0) is 29.2. The van der Waals surface area contributed by atoms with Crippen LogP contribution in [-0.4, -0.2) is 78.4 Å². The standard InChI is InChI=1S/C29H37N5O6/c1-6-39-22-13-18-14-34(27(30)24(18)32-25(22)28(38)31-5)15-21(35)17-11-19(29(2,3)4)26(40-16-23(36)37)20(12-17)33-9-7-8-10-33/h11-13,30H,6-10,14-16H2,1-5H3,(H,31,38)(H,36,37). The van der Waals surface area contributed by atoms with E-state index in [0.29, 0.717) is 40.6 Å². The number of pyridine rings is 1. The molecule has 1 amide bonds. The normalized spacial score (nSPS) is 14.8. The maximum absolute atomic E-state index is 13.7. The van der Waals surface area contributed by atoms with E-state index in [0.717, 1.165) is 31.5 Å². The Bertz CT molecular complexity index is 1340. The SMILES string of the molecule is CCOc1cc2c(nc1C(=O)NC)C(=N)N(CC(=O)c1cc(N3CCCC3)c(OCC(=O)O)c(C(C)(C)C)c1)C2. The van der Waals surface area contributed by atoms with Crippen LogP contribution >= 0.6 is 0 Å². The number of ketones is 1. The van der Waals surface area contributed by atoms with Crippen molar-refractivity contribution in [1.82, 2.24) is 15.2 Å². The molecule has 4 rings (SSSR count). The number of amides is 1. The van der Waals surface area contributed by atoms with E-state index in [9.17, 15) is 19.5 Å². The molecule has 40 heavy (non-hydrogen) atoms. The number of aromatic nitrogens is 1. The Morgan fingerprint density at radius 3 is 2.42 bits per heavy atom. The molecule has 2 aliphatic heterocycles. The molecular weight excluding hydrogens is 514 g/mol. The number of carbonyl (C=O) groups excluding carboxylic acids is 2. The van der Waals surface area contributed by atoms with Crippen LogP contribution in [0.4, 0.5) is 5.69 Å². The van der Waals surface area contributed by atoms with Crippen LogP contribution in [0.25, 0.3) is 0 Å². The lowest BCUT2D eigenvalue weighted by Gasteiger charge is -2.29. The summed E-state index contributed by atoms with van der Waals surface area (Å²) in [7, 11) is 1.50. The van der Waals surface area contributed by atoms with E-state index >= 15 is 0 Å². The van der Waals surface area contributed by atoms with Crippen LogP contribution in [0.1, 0.15) is 78.2 Å². The number of carbonyl (C=O) groups is 3. The lowest BCUT2D eigenvalue weighted by molar-refractivity contribution is -0.139. The second kappa shape index (κ2) is 11.5. The monoisotopic (exact) mass is 551 g/mol. The summed E-state index contributed by atoms with van der Waals surface area (Å²) in [6.45, 7) is 9.48. The first-order chi connectivity index (χ1) is 18.9. The summed E-state index contributed by atoms with van der Waals surface area (Å²) in [6.07, 6.45) is 2.00. The van der Waals surface area contributed by atoms with Gasteiger partial charge in [0, 0.05) is 43.4 Å². The number of fused-ring (bicyclic) bond motifs is 1. The average Bonchev–Trinajstić information content (AvgIpc) is 3.54. The molecule has 11 heteroatoms. The van der Waals surface area contributed by atoms with Gasteiger partial charge in [0.05, 0.1) is 18.8 Å². The van der Waals surface area contributed by atoms with Crippen molar-refractivity contribution in [3.8, 4) is 11.5 Å². The topological polar surface area (TPSA) is 145 Å². The second-order valence-corrected chi connectivity index (χ2v) is 11.0. The minimum absolute atomic E-state index is 0.0627. The number of nitrogens with one attached hydrogen (secondary N) is 2. The van der Waals surface area contributed by atoms with Crippen LogP contribution in [0.2, 0.25) is 0 Å². The van der Waals surface area contributed by atoms with Crippen molar-refractivity contribution in [2.24, 2.45) is 0 Å². The number of carboxylic acids is 1. The third-order valence-electron chi connectivity index (χ3n) is 7.03. The van der Waals surface area contributed by atoms with Gasteiger partial charge in [-0.25, -0.2) is 9.78 Å². The maximum Gasteiger partial charge on any atom is 0.341 e. The van der Waals surface area contributed by atoms with Gasteiger partial charge in [-0.05, 0) is 43.4 Å². The Hall–Kier alpha value is -4.15. The second-order valence-electron chi connectivity index (χ2n) is 11.0. The Balaban J connectivity index is 1.67. The van der Waals surface area contributed by atoms with Crippen molar-refractivity contribution < 1.29 is 29.0 Å². The van der Waals surface area contributed by atoms with Crippen LogP contribution in [0.3, 0.4) is 0 Å². The van der Waals surface area contributed by atoms with Crippen LogP contribution in [0.15, 0.2) is 18.2 Å². The first kappa shape index (κ1) is 28.8. The smallest absolute Gasteiger partial charge is 0.341 e. The average molecular weight is 552 g/mol. The Morgan fingerprint density at radius 2 is 1.82 bits per heavy atom. The van der Waals surface area contributed by atoms with Gasteiger partial charge in [-0.2, -0.15) is 0 Å². The van der Waals surface area contributed by atoms with Crippen LogP contribution < -0.4 is 19.7 Å². The fourth-order valence-corrected chi connectivity index (χ4v) is 5.05. The molecule has 0 atom stereocenters. The van der Waals surface area contributed by atoms with E-state index in [1.165, 1.54) is 7.05 Å². The van der Waals surface area contributed by atoms with Gasteiger partial charge in [0.25, 0.3) is 5.91 Å². The Morgan fingerprint density at radius 1 is 1.12 bits per heavy atom. The fraction of sp³-hybridized carbons (Fsp3) is 0.483. The van der Waals surface area contributed by atoms with Crippen molar-refractivity contribution in [2.45, 2.75) is 52.5 Å². The fourth-order valence-electron chi connectivity index (χ4n) is 5.05. The summed E-state index contributed by atoms with van der Waals surface area (Å²) >= 11 is 0. The molecule has 1 fully saturated rings. The first-order valence-electron chi connectivity index (χ1n) is 13.5.